The standard InChI is InChI=1S/C26H28N6/c1-4-23(21-14-7-5-10-17(21)2)29-30-24(27)19-12-9-13-20(16-19)25-28-26(32-31-25)22-15-8-6-11-18(22)3/h5-16,23,29H,4H2,1-3H3,(H2,27,30)(H,28,31,32). The van der Waals surface area contributed by atoms with Crippen molar-refractivity contribution in [2.45, 2.75) is 33.2 Å². The Kier molecular flexibility index (Phi) is 6.31. The molecular formula is C26H28N6. The van der Waals surface area contributed by atoms with Gasteiger partial charge in [0.1, 0.15) is 0 Å². The Hall–Kier alpha value is -3.93. The number of aromatic amines is 1. The number of nitrogens with zero attached hydrogens (tertiary/aromatic N) is 3. The number of amidine groups is 1. The van der Waals surface area contributed by atoms with Crippen molar-refractivity contribution in [3.8, 4) is 22.8 Å². The van der Waals surface area contributed by atoms with Crippen LogP contribution in [0, 0.1) is 13.8 Å². The molecule has 4 rings (SSSR count). The number of nitrogens with two attached hydrogens (primary N) is 1. The molecule has 1 aromatic heterocycles. The molecule has 162 valence electrons. The third kappa shape index (κ3) is 4.54. The first kappa shape index (κ1) is 21.3. The molecule has 0 bridgehead atoms. The second-order valence-corrected chi connectivity index (χ2v) is 7.85. The average Bonchev–Trinajstić information content (AvgIpc) is 3.31. The maximum Gasteiger partial charge on any atom is 0.181 e. The predicted octanol–water partition coefficient (Wildman–Crippen LogP) is 5.12. The monoisotopic (exact) mass is 424 g/mol. The van der Waals surface area contributed by atoms with Gasteiger partial charge in [-0.05, 0) is 43.0 Å². The third-order valence-corrected chi connectivity index (χ3v) is 5.62. The largest absolute Gasteiger partial charge is 0.382 e. The molecule has 0 amide bonds. The zero-order chi connectivity index (χ0) is 22.5. The van der Waals surface area contributed by atoms with Gasteiger partial charge in [-0.3, -0.25) is 5.10 Å². The van der Waals surface area contributed by atoms with E-state index in [0.29, 0.717) is 11.7 Å². The van der Waals surface area contributed by atoms with Crippen LogP contribution >= 0.6 is 0 Å². The van der Waals surface area contributed by atoms with Crippen molar-refractivity contribution in [1.29, 1.82) is 0 Å². The van der Waals surface area contributed by atoms with E-state index in [1.54, 1.807) is 0 Å². The molecule has 4 aromatic rings. The second kappa shape index (κ2) is 9.47. The van der Waals surface area contributed by atoms with Gasteiger partial charge in [0, 0.05) is 16.7 Å². The van der Waals surface area contributed by atoms with Crippen molar-refractivity contribution in [3.05, 3.63) is 95.1 Å². The third-order valence-electron chi connectivity index (χ3n) is 5.62. The van der Waals surface area contributed by atoms with E-state index in [-0.39, 0.29) is 6.04 Å². The van der Waals surface area contributed by atoms with Gasteiger partial charge in [-0.15, -0.1) is 0 Å². The van der Waals surface area contributed by atoms with Crippen molar-refractivity contribution in [1.82, 2.24) is 20.6 Å². The van der Waals surface area contributed by atoms with E-state index >= 15 is 0 Å². The van der Waals surface area contributed by atoms with Crippen molar-refractivity contribution < 1.29 is 0 Å². The van der Waals surface area contributed by atoms with Gasteiger partial charge in [0.25, 0.3) is 0 Å². The van der Waals surface area contributed by atoms with Gasteiger partial charge in [0.2, 0.25) is 0 Å². The molecule has 4 N–H and O–H groups in total. The van der Waals surface area contributed by atoms with Gasteiger partial charge < -0.3 is 11.2 Å². The maximum absolute atomic E-state index is 6.32. The highest BCUT2D eigenvalue weighted by Crippen LogP contribution is 2.23. The number of benzene rings is 3. The number of aromatic nitrogens is 3. The van der Waals surface area contributed by atoms with Gasteiger partial charge in [-0.1, -0.05) is 73.7 Å². The normalized spacial score (nSPS) is 12.5. The Bertz CT molecular complexity index is 1240. The quantitative estimate of drug-likeness (QED) is 0.218. The molecule has 0 aliphatic heterocycles. The van der Waals surface area contributed by atoms with Crippen LogP contribution in [0.15, 0.2) is 77.9 Å². The molecule has 0 aliphatic carbocycles. The number of aryl methyl sites for hydroxylation is 2. The number of hydrogen-bond donors (Lipinski definition) is 3. The van der Waals surface area contributed by atoms with Crippen LogP contribution in [0.4, 0.5) is 0 Å². The SMILES string of the molecule is CCC(N/N=C(\N)c1cccc(-c2n[nH]c(-c3ccccc3C)n2)c1)c1ccccc1C. The number of H-pyrrole nitrogens is 1. The summed E-state index contributed by atoms with van der Waals surface area (Å²) in [5.41, 5.74) is 15.9. The molecule has 6 nitrogen and oxygen atoms in total. The van der Waals surface area contributed by atoms with Crippen LogP contribution in [0.1, 0.15) is 41.6 Å². The van der Waals surface area contributed by atoms with E-state index < -0.39 is 0 Å². The summed E-state index contributed by atoms with van der Waals surface area (Å²) in [7, 11) is 0. The van der Waals surface area contributed by atoms with Gasteiger partial charge in [-0.2, -0.15) is 10.2 Å². The Morgan fingerprint density at radius 2 is 1.75 bits per heavy atom. The second-order valence-electron chi connectivity index (χ2n) is 7.85. The molecule has 1 unspecified atom stereocenters. The Labute approximate surface area is 188 Å². The summed E-state index contributed by atoms with van der Waals surface area (Å²) < 4.78 is 0. The molecule has 0 radical (unpaired) electrons. The number of hydrogen-bond acceptors (Lipinski definition) is 4. The molecule has 0 saturated carbocycles. The fourth-order valence-corrected chi connectivity index (χ4v) is 3.74. The van der Waals surface area contributed by atoms with E-state index in [1.165, 1.54) is 11.1 Å². The highest BCUT2D eigenvalue weighted by atomic mass is 15.3. The molecular weight excluding hydrogens is 396 g/mol. The van der Waals surface area contributed by atoms with Crippen LogP contribution < -0.4 is 11.2 Å². The summed E-state index contributed by atoms with van der Waals surface area (Å²) in [5.74, 6) is 1.79. The summed E-state index contributed by atoms with van der Waals surface area (Å²) in [6, 6.07) is 24.3. The molecule has 0 fully saturated rings. The van der Waals surface area contributed by atoms with E-state index in [9.17, 15) is 0 Å². The summed E-state index contributed by atoms with van der Waals surface area (Å²) in [4.78, 5) is 4.69. The van der Waals surface area contributed by atoms with Crippen LogP contribution in [0.2, 0.25) is 0 Å². The number of nitrogens with one attached hydrogen (secondary N) is 2. The molecule has 32 heavy (non-hydrogen) atoms. The van der Waals surface area contributed by atoms with Crippen LogP contribution in [0.5, 0.6) is 0 Å². The van der Waals surface area contributed by atoms with Gasteiger partial charge >= 0.3 is 0 Å². The first-order valence-corrected chi connectivity index (χ1v) is 10.8. The van der Waals surface area contributed by atoms with Crippen LogP contribution in [0.25, 0.3) is 22.8 Å². The van der Waals surface area contributed by atoms with Crippen molar-refractivity contribution >= 4 is 5.84 Å². The van der Waals surface area contributed by atoms with Gasteiger partial charge in [0.05, 0.1) is 6.04 Å². The van der Waals surface area contributed by atoms with Crippen LogP contribution in [-0.2, 0) is 0 Å². The topological polar surface area (TPSA) is 92.0 Å². The summed E-state index contributed by atoms with van der Waals surface area (Å²) in [5, 5.41) is 11.9. The molecule has 0 saturated heterocycles. The Morgan fingerprint density at radius 3 is 2.50 bits per heavy atom. The van der Waals surface area contributed by atoms with Crippen LogP contribution in [-0.4, -0.2) is 21.0 Å². The Morgan fingerprint density at radius 1 is 1.00 bits per heavy atom. The molecule has 1 heterocycles. The van der Waals surface area contributed by atoms with E-state index in [0.717, 1.165) is 34.5 Å². The molecule has 0 aliphatic rings. The summed E-state index contributed by atoms with van der Waals surface area (Å²) in [6.45, 7) is 6.30. The molecule has 1 atom stereocenters. The number of rotatable bonds is 7. The lowest BCUT2D eigenvalue weighted by atomic mass is 10.0. The minimum absolute atomic E-state index is 0.0996. The molecule has 3 aromatic carbocycles. The van der Waals surface area contributed by atoms with Crippen molar-refractivity contribution in [2.75, 3.05) is 0 Å². The first-order chi connectivity index (χ1) is 15.6. The molecule has 6 heteroatoms. The van der Waals surface area contributed by atoms with E-state index in [2.05, 4.69) is 64.7 Å². The highest BCUT2D eigenvalue weighted by Gasteiger charge is 2.12. The lowest BCUT2D eigenvalue weighted by Crippen LogP contribution is -2.22. The molecule has 0 spiro atoms. The zero-order valence-corrected chi connectivity index (χ0v) is 18.6. The van der Waals surface area contributed by atoms with E-state index in [1.807, 2.05) is 54.6 Å². The predicted molar refractivity (Wildman–Crippen MR) is 130 cm³/mol. The minimum atomic E-state index is 0.0996. The summed E-state index contributed by atoms with van der Waals surface area (Å²) in [6.07, 6.45) is 0.903. The average molecular weight is 425 g/mol. The van der Waals surface area contributed by atoms with Gasteiger partial charge in [-0.25, -0.2) is 4.98 Å². The minimum Gasteiger partial charge on any atom is -0.382 e. The van der Waals surface area contributed by atoms with Crippen molar-refractivity contribution in [3.63, 3.8) is 0 Å². The fraction of sp³-hybridized carbons (Fsp3) is 0.192. The lowest BCUT2D eigenvalue weighted by Gasteiger charge is -2.17. The van der Waals surface area contributed by atoms with E-state index in [4.69, 9.17) is 5.73 Å². The number of hydrazone groups is 1. The zero-order valence-electron chi connectivity index (χ0n) is 18.6. The van der Waals surface area contributed by atoms with Crippen LogP contribution in [0.3, 0.4) is 0 Å². The highest BCUT2D eigenvalue weighted by molar-refractivity contribution is 5.98. The Balaban J connectivity index is 1.55. The van der Waals surface area contributed by atoms with Crippen molar-refractivity contribution in [2.24, 2.45) is 10.8 Å². The fourth-order valence-electron chi connectivity index (χ4n) is 3.74. The smallest absolute Gasteiger partial charge is 0.181 e. The first-order valence-electron chi connectivity index (χ1n) is 10.8. The summed E-state index contributed by atoms with van der Waals surface area (Å²) >= 11 is 0. The van der Waals surface area contributed by atoms with Gasteiger partial charge in [0.15, 0.2) is 17.5 Å². The lowest BCUT2D eigenvalue weighted by molar-refractivity contribution is 0.539. The maximum atomic E-state index is 6.32.